The Morgan fingerprint density at radius 1 is 0.895 bits per heavy atom. The van der Waals surface area contributed by atoms with Gasteiger partial charge in [-0.3, -0.25) is 0 Å². The third-order valence-electron chi connectivity index (χ3n) is 4.17. The van der Waals surface area contributed by atoms with E-state index >= 15 is 0 Å². The van der Waals surface area contributed by atoms with Gasteiger partial charge in [-0.05, 0) is 47.1 Å². The van der Waals surface area contributed by atoms with E-state index in [1.165, 1.54) is 30.4 Å². The summed E-state index contributed by atoms with van der Waals surface area (Å²) in [5, 5.41) is 0. The van der Waals surface area contributed by atoms with Crippen LogP contribution in [0.1, 0.15) is 78.4 Å². The molecule has 1 rings (SSSR count). The molecule has 0 nitrogen and oxygen atoms in total. The maximum Gasteiger partial charge on any atom is -0.0142 e. The van der Waals surface area contributed by atoms with Crippen molar-refractivity contribution in [1.82, 2.24) is 0 Å². The van der Waals surface area contributed by atoms with Gasteiger partial charge in [0, 0.05) is 0 Å². The molecule has 1 aromatic rings. The van der Waals surface area contributed by atoms with Crippen LogP contribution in [0.3, 0.4) is 0 Å². The Bertz CT molecular complexity index is 370. The van der Waals surface area contributed by atoms with Crippen molar-refractivity contribution in [2.45, 2.75) is 73.6 Å². The quantitative estimate of drug-likeness (QED) is 0.604. The lowest BCUT2D eigenvalue weighted by Crippen LogP contribution is -2.15. The summed E-state index contributed by atoms with van der Waals surface area (Å²) in [6, 6.07) is 9.28. The van der Waals surface area contributed by atoms with Crippen LogP contribution in [-0.4, -0.2) is 0 Å². The van der Waals surface area contributed by atoms with Crippen molar-refractivity contribution in [2.75, 3.05) is 0 Å². The van der Waals surface area contributed by atoms with E-state index < -0.39 is 0 Å². The van der Waals surface area contributed by atoms with Crippen LogP contribution in [0.5, 0.6) is 0 Å². The molecule has 0 aromatic heterocycles. The molecule has 19 heavy (non-hydrogen) atoms. The summed E-state index contributed by atoms with van der Waals surface area (Å²) in [5.41, 5.74) is 3.75. The maximum atomic E-state index is 2.33. The van der Waals surface area contributed by atoms with E-state index in [9.17, 15) is 0 Å². The standard InChI is InChI=1S/C19H32/c1-15(19(5,6)7)17-12-10-16(11-13-17)9-8-14-18(2,3)4/h10-13,15H,8-9,14H2,1-7H3. The first kappa shape index (κ1) is 16.3. The molecule has 0 heterocycles. The zero-order valence-corrected chi connectivity index (χ0v) is 14.0. The fourth-order valence-corrected chi connectivity index (χ4v) is 2.30. The molecular weight excluding hydrogens is 228 g/mol. The number of benzene rings is 1. The van der Waals surface area contributed by atoms with E-state index in [0.717, 1.165) is 0 Å². The smallest absolute Gasteiger partial charge is 0.0142 e. The molecular formula is C19H32. The summed E-state index contributed by atoms with van der Waals surface area (Å²) in [6.45, 7) is 16.2. The molecule has 0 heteroatoms. The molecule has 0 radical (unpaired) electrons. The second-order valence-electron chi connectivity index (χ2n) is 8.24. The topological polar surface area (TPSA) is 0 Å². The zero-order chi connectivity index (χ0) is 14.7. The van der Waals surface area contributed by atoms with Crippen LogP contribution < -0.4 is 0 Å². The van der Waals surface area contributed by atoms with Gasteiger partial charge in [0.1, 0.15) is 0 Å². The van der Waals surface area contributed by atoms with Crippen LogP contribution in [0, 0.1) is 10.8 Å². The van der Waals surface area contributed by atoms with E-state index in [4.69, 9.17) is 0 Å². The van der Waals surface area contributed by atoms with Crippen molar-refractivity contribution >= 4 is 0 Å². The lowest BCUT2D eigenvalue weighted by atomic mass is 9.77. The Morgan fingerprint density at radius 2 is 1.42 bits per heavy atom. The van der Waals surface area contributed by atoms with Crippen LogP contribution >= 0.6 is 0 Å². The van der Waals surface area contributed by atoms with Crippen molar-refractivity contribution < 1.29 is 0 Å². The Kier molecular flexibility index (Phi) is 5.24. The van der Waals surface area contributed by atoms with Crippen LogP contribution in [0.4, 0.5) is 0 Å². The first-order chi connectivity index (χ1) is 8.59. The largest absolute Gasteiger partial charge is 0.0602 e. The first-order valence-electron chi connectivity index (χ1n) is 7.68. The molecule has 0 amide bonds. The Morgan fingerprint density at radius 3 is 1.84 bits per heavy atom. The van der Waals surface area contributed by atoms with Gasteiger partial charge in [0.2, 0.25) is 0 Å². The zero-order valence-electron chi connectivity index (χ0n) is 14.0. The SMILES string of the molecule is CC(c1ccc(CCCC(C)(C)C)cc1)C(C)(C)C. The van der Waals surface area contributed by atoms with Gasteiger partial charge in [-0.25, -0.2) is 0 Å². The fourth-order valence-electron chi connectivity index (χ4n) is 2.30. The molecule has 0 saturated carbocycles. The van der Waals surface area contributed by atoms with Crippen LogP contribution in [0.15, 0.2) is 24.3 Å². The molecule has 0 bridgehead atoms. The van der Waals surface area contributed by atoms with Crippen molar-refractivity contribution in [3.05, 3.63) is 35.4 Å². The van der Waals surface area contributed by atoms with Crippen LogP contribution in [-0.2, 0) is 6.42 Å². The summed E-state index contributed by atoms with van der Waals surface area (Å²) >= 11 is 0. The molecule has 0 aliphatic heterocycles. The van der Waals surface area contributed by atoms with Gasteiger partial charge in [-0.2, -0.15) is 0 Å². The average molecular weight is 260 g/mol. The van der Waals surface area contributed by atoms with Crippen molar-refractivity contribution in [1.29, 1.82) is 0 Å². The van der Waals surface area contributed by atoms with Crippen LogP contribution in [0.2, 0.25) is 0 Å². The van der Waals surface area contributed by atoms with Crippen molar-refractivity contribution in [2.24, 2.45) is 10.8 Å². The molecule has 1 aromatic carbocycles. The lowest BCUT2D eigenvalue weighted by Gasteiger charge is -2.27. The fraction of sp³-hybridized carbons (Fsp3) is 0.684. The first-order valence-corrected chi connectivity index (χ1v) is 7.68. The highest BCUT2D eigenvalue weighted by atomic mass is 14.3. The van der Waals surface area contributed by atoms with Gasteiger partial charge in [0.05, 0.1) is 0 Å². The van der Waals surface area contributed by atoms with E-state index in [2.05, 4.69) is 72.7 Å². The molecule has 0 saturated heterocycles. The van der Waals surface area contributed by atoms with Gasteiger partial charge >= 0.3 is 0 Å². The number of rotatable bonds is 4. The van der Waals surface area contributed by atoms with Crippen molar-refractivity contribution in [3.8, 4) is 0 Å². The molecule has 0 aliphatic carbocycles. The van der Waals surface area contributed by atoms with Gasteiger partial charge in [-0.1, -0.05) is 72.7 Å². The predicted octanol–water partition coefficient (Wildman–Crippen LogP) is 6.21. The maximum absolute atomic E-state index is 2.33. The van der Waals surface area contributed by atoms with Gasteiger partial charge in [0.15, 0.2) is 0 Å². The Balaban J connectivity index is 2.57. The summed E-state index contributed by atoms with van der Waals surface area (Å²) in [6.07, 6.45) is 3.80. The molecule has 0 aliphatic rings. The summed E-state index contributed by atoms with van der Waals surface area (Å²) < 4.78 is 0. The molecule has 1 unspecified atom stereocenters. The monoisotopic (exact) mass is 260 g/mol. The number of hydrogen-bond acceptors (Lipinski definition) is 0. The average Bonchev–Trinajstić information content (AvgIpc) is 2.26. The second kappa shape index (κ2) is 6.11. The molecule has 0 N–H and O–H groups in total. The highest BCUT2D eigenvalue weighted by molar-refractivity contribution is 5.26. The van der Waals surface area contributed by atoms with E-state index in [1.54, 1.807) is 0 Å². The van der Waals surface area contributed by atoms with Gasteiger partial charge in [-0.15, -0.1) is 0 Å². The lowest BCUT2D eigenvalue weighted by molar-refractivity contribution is 0.339. The van der Waals surface area contributed by atoms with Crippen LogP contribution in [0.25, 0.3) is 0 Å². The van der Waals surface area contributed by atoms with E-state index in [1.807, 2.05) is 0 Å². The highest BCUT2D eigenvalue weighted by Crippen LogP contribution is 2.34. The minimum atomic E-state index is 0.341. The summed E-state index contributed by atoms with van der Waals surface area (Å²) in [7, 11) is 0. The Hall–Kier alpha value is -0.780. The molecule has 0 spiro atoms. The number of hydrogen-bond donors (Lipinski definition) is 0. The summed E-state index contributed by atoms with van der Waals surface area (Å²) in [5.74, 6) is 0.608. The van der Waals surface area contributed by atoms with Gasteiger partial charge < -0.3 is 0 Å². The molecule has 1 atom stereocenters. The number of aryl methyl sites for hydroxylation is 1. The second-order valence-corrected chi connectivity index (χ2v) is 8.24. The van der Waals surface area contributed by atoms with Crippen molar-refractivity contribution in [3.63, 3.8) is 0 Å². The highest BCUT2D eigenvalue weighted by Gasteiger charge is 2.21. The van der Waals surface area contributed by atoms with E-state index in [0.29, 0.717) is 16.7 Å². The minimum Gasteiger partial charge on any atom is -0.0602 e. The molecule has 0 fully saturated rings. The van der Waals surface area contributed by atoms with E-state index in [-0.39, 0.29) is 0 Å². The minimum absolute atomic E-state index is 0.341. The third kappa shape index (κ3) is 5.80. The van der Waals surface area contributed by atoms with Gasteiger partial charge in [0.25, 0.3) is 0 Å². The molecule has 108 valence electrons. The third-order valence-corrected chi connectivity index (χ3v) is 4.17. The summed E-state index contributed by atoms with van der Waals surface area (Å²) in [4.78, 5) is 0. The predicted molar refractivity (Wildman–Crippen MR) is 86.7 cm³/mol. The Labute approximate surface area is 120 Å². The normalized spacial score (nSPS) is 14.5.